The molecule has 1 aromatic carbocycles. The van der Waals surface area contributed by atoms with Gasteiger partial charge in [0.25, 0.3) is 0 Å². The van der Waals surface area contributed by atoms with E-state index >= 15 is 0 Å². The lowest BCUT2D eigenvalue weighted by Gasteiger charge is -2.35. The van der Waals surface area contributed by atoms with Crippen LogP contribution in [0, 0.1) is 5.92 Å². The number of nitrogens with one attached hydrogen (secondary N) is 2. The maximum Gasteiger partial charge on any atom is 0.237 e. The summed E-state index contributed by atoms with van der Waals surface area (Å²) in [6.45, 7) is 3.58. The quantitative estimate of drug-likeness (QED) is 0.851. The van der Waals surface area contributed by atoms with Crippen molar-refractivity contribution in [1.29, 1.82) is 0 Å². The van der Waals surface area contributed by atoms with Crippen LogP contribution in [0.2, 0.25) is 0 Å². The van der Waals surface area contributed by atoms with E-state index in [1.807, 2.05) is 37.3 Å². The summed E-state index contributed by atoms with van der Waals surface area (Å²) >= 11 is 0. The molecular weight excluding hydrogens is 326 g/mol. The molecule has 1 unspecified atom stereocenters. The number of nitrogens with zero attached hydrogens (tertiary/aromatic N) is 1. The molecule has 0 bridgehead atoms. The van der Waals surface area contributed by atoms with Crippen molar-refractivity contribution in [3.05, 3.63) is 30.3 Å². The fourth-order valence-corrected chi connectivity index (χ4v) is 4.05. The highest BCUT2D eigenvalue weighted by Gasteiger charge is 2.30. The molecule has 1 saturated heterocycles. The van der Waals surface area contributed by atoms with E-state index in [1.54, 1.807) is 0 Å². The third kappa shape index (κ3) is 5.07. The lowest BCUT2D eigenvalue weighted by molar-refractivity contribution is -0.128. The number of para-hydroxylation sites is 1. The predicted molar refractivity (Wildman–Crippen MR) is 104 cm³/mol. The van der Waals surface area contributed by atoms with Gasteiger partial charge in [-0.1, -0.05) is 37.5 Å². The molecule has 0 radical (unpaired) electrons. The van der Waals surface area contributed by atoms with Gasteiger partial charge in [0.2, 0.25) is 11.8 Å². The van der Waals surface area contributed by atoms with Gasteiger partial charge in [-0.3, -0.25) is 14.5 Å². The zero-order chi connectivity index (χ0) is 18.4. The summed E-state index contributed by atoms with van der Waals surface area (Å²) in [6.07, 6.45) is 7.57. The molecule has 1 atom stereocenters. The van der Waals surface area contributed by atoms with Crippen LogP contribution in [0.15, 0.2) is 30.3 Å². The van der Waals surface area contributed by atoms with E-state index in [1.165, 1.54) is 19.3 Å². The standard InChI is InChI=1S/C21H31N3O2/c1-16(20(25)22-18-8-4-2-5-9-18)24-14-12-17(13-15-24)21(26)23-19-10-6-3-7-11-19/h3,6-7,10-11,16-18H,2,4-5,8-9,12-15H2,1H3,(H,22,25)(H,23,26). The highest BCUT2D eigenvalue weighted by molar-refractivity contribution is 5.92. The molecule has 2 aliphatic rings. The van der Waals surface area contributed by atoms with Crippen LogP contribution in [0.1, 0.15) is 51.9 Å². The normalized spacial score (nSPS) is 21.1. The van der Waals surface area contributed by atoms with Gasteiger partial charge in [-0.2, -0.15) is 0 Å². The molecule has 0 aromatic heterocycles. The fourth-order valence-electron chi connectivity index (χ4n) is 4.05. The number of carbonyl (C=O) groups is 2. The van der Waals surface area contributed by atoms with Crippen LogP contribution in [0.5, 0.6) is 0 Å². The van der Waals surface area contributed by atoms with Crippen molar-refractivity contribution in [3.8, 4) is 0 Å². The Morgan fingerprint density at radius 3 is 2.31 bits per heavy atom. The first-order valence-corrected chi connectivity index (χ1v) is 10.0. The summed E-state index contributed by atoms with van der Waals surface area (Å²) < 4.78 is 0. The summed E-state index contributed by atoms with van der Waals surface area (Å²) in [4.78, 5) is 27.2. The molecule has 1 saturated carbocycles. The van der Waals surface area contributed by atoms with E-state index < -0.39 is 0 Å². The smallest absolute Gasteiger partial charge is 0.237 e. The van der Waals surface area contributed by atoms with Gasteiger partial charge < -0.3 is 10.6 Å². The second-order valence-electron chi connectivity index (χ2n) is 7.69. The molecule has 2 N–H and O–H groups in total. The maximum atomic E-state index is 12.5. The summed E-state index contributed by atoms with van der Waals surface area (Å²) in [7, 11) is 0. The third-order valence-corrected chi connectivity index (χ3v) is 5.82. The predicted octanol–water partition coefficient (Wildman–Crippen LogP) is 3.17. The molecule has 1 aliphatic heterocycles. The second kappa shape index (κ2) is 9.17. The number of amides is 2. The Hall–Kier alpha value is -1.88. The van der Waals surface area contributed by atoms with Crippen molar-refractivity contribution in [2.24, 2.45) is 5.92 Å². The largest absolute Gasteiger partial charge is 0.352 e. The minimum absolute atomic E-state index is 0.0278. The average Bonchev–Trinajstić information content (AvgIpc) is 2.69. The molecular formula is C21H31N3O2. The van der Waals surface area contributed by atoms with E-state index in [0.717, 1.165) is 44.5 Å². The van der Waals surface area contributed by atoms with E-state index in [2.05, 4.69) is 15.5 Å². The van der Waals surface area contributed by atoms with Gasteiger partial charge in [-0.15, -0.1) is 0 Å². The summed E-state index contributed by atoms with van der Waals surface area (Å²) in [5.74, 6) is 0.263. The molecule has 26 heavy (non-hydrogen) atoms. The Labute approximate surface area is 156 Å². The van der Waals surface area contributed by atoms with Crippen LogP contribution >= 0.6 is 0 Å². The summed E-state index contributed by atoms with van der Waals surface area (Å²) in [5.41, 5.74) is 0.847. The van der Waals surface area contributed by atoms with Crippen molar-refractivity contribution in [2.75, 3.05) is 18.4 Å². The Balaban J connectivity index is 1.43. The zero-order valence-corrected chi connectivity index (χ0v) is 15.7. The number of carbonyl (C=O) groups excluding carboxylic acids is 2. The topological polar surface area (TPSA) is 61.4 Å². The molecule has 1 aliphatic carbocycles. The molecule has 2 fully saturated rings. The number of piperidine rings is 1. The van der Waals surface area contributed by atoms with Crippen LogP contribution in [0.3, 0.4) is 0 Å². The zero-order valence-electron chi connectivity index (χ0n) is 15.7. The third-order valence-electron chi connectivity index (χ3n) is 5.82. The van der Waals surface area contributed by atoms with Crippen molar-refractivity contribution >= 4 is 17.5 Å². The molecule has 142 valence electrons. The van der Waals surface area contributed by atoms with Crippen LogP contribution in [-0.2, 0) is 9.59 Å². The van der Waals surface area contributed by atoms with Gasteiger partial charge in [0.15, 0.2) is 0 Å². The summed E-state index contributed by atoms with van der Waals surface area (Å²) in [5, 5.41) is 6.22. The first-order chi connectivity index (χ1) is 12.6. The fraction of sp³-hybridized carbons (Fsp3) is 0.619. The Bertz CT molecular complexity index is 591. The van der Waals surface area contributed by atoms with Gasteiger partial charge in [0.05, 0.1) is 6.04 Å². The Morgan fingerprint density at radius 1 is 1.00 bits per heavy atom. The Morgan fingerprint density at radius 2 is 1.65 bits per heavy atom. The first kappa shape index (κ1) is 18.9. The highest BCUT2D eigenvalue weighted by atomic mass is 16.2. The maximum absolute atomic E-state index is 12.5. The SMILES string of the molecule is CC(C(=O)NC1CCCCC1)N1CCC(C(=O)Nc2ccccc2)CC1. The number of hydrogen-bond acceptors (Lipinski definition) is 3. The van der Waals surface area contributed by atoms with Crippen molar-refractivity contribution in [1.82, 2.24) is 10.2 Å². The molecule has 1 aromatic rings. The van der Waals surface area contributed by atoms with Gasteiger partial charge in [-0.25, -0.2) is 0 Å². The Kier molecular flexibility index (Phi) is 6.67. The van der Waals surface area contributed by atoms with Crippen LogP contribution in [0.25, 0.3) is 0 Å². The second-order valence-corrected chi connectivity index (χ2v) is 7.69. The lowest BCUT2D eigenvalue weighted by Crippen LogP contribution is -2.51. The van der Waals surface area contributed by atoms with Gasteiger partial charge >= 0.3 is 0 Å². The molecule has 3 rings (SSSR count). The monoisotopic (exact) mass is 357 g/mol. The number of benzene rings is 1. The number of likely N-dealkylation sites (tertiary alicyclic amines) is 1. The number of anilines is 1. The van der Waals surface area contributed by atoms with E-state index in [0.29, 0.717) is 6.04 Å². The molecule has 0 spiro atoms. The lowest BCUT2D eigenvalue weighted by atomic mass is 9.94. The van der Waals surface area contributed by atoms with Crippen molar-refractivity contribution in [3.63, 3.8) is 0 Å². The van der Waals surface area contributed by atoms with E-state index in [-0.39, 0.29) is 23.8 Å². The van der Waals surface area contributed by atoms with Crippen LogP contribution < -0.4 is 10.6 Å². The summed E-state index contributed by atoms with van der Waals surface area (Å²) in [6, 6.07) is 9.84. The van der Waals surface area contributed by atoms with E-state index in [4.69, 9.17) is 0 Å². The van der Waals surface area contributed by atoms with Gasteiger partial charge in [0.1, 0.15) is 0 Å². The molecule has 2 amide bonds. The molecule has 1 heterocycles. The van der Waals surface area contributed by atoms with Gasteiger partial charge in [0, 0.05) is 17.6 Å². The number of rotatable bonds is 5. The van der Waals surface area contributed by atoms with Crippen molar-refractivity contribution in [2.45, 2.75) is 64.0 Å². The minimum atomic E-state index is -0.116. The minimum Gasteiger partial charge on any atom is -0.352 e. The first-order valence-electron chi connectivity index (χ1n) is 10.0. The van der Waals surface area contributed by atoms with Crippen LogP contribution in [-0.4, -0.2) is 41.9 Å². The molecule has 5 nitrogen and oxygen atoms in total. The average molecular weight is 357 g/mol. The molecule has 5 heteroatoms. The van der Waals surface area contributed by atoms with Crippen molar-refractivity contribution < 1.29 is 9.59 Å². The van der Waals surface area contributed by atoms with Crippen LogP contribution in [0.4, 0.5) is 5.69 Å². The number of hydrogen-bond donors (Lipinski definition) is 2. The van der Waals surface area contributed by atoms with E-state index in [9.17, 15) is 9.59 Å². The highest BCUT2D eigenvalue weighted by Crippen LogP contribution is 2.22. The van der Waals surface area contributed by atoms with Gasteiger partial charge in [-0.05, 0) is 57.8 Å².